The molecular formula is C14H16N2O3. The van der Waals surface area contributed by atoms with E-state index in [1.54, 1.807) is 19.2 Å². The summed E-state index contributed by atoms with van der Waals surface area (Å²) in [5.41, 5.74) is 3.17. The average Bonchev–Trinajstić information content (AvgIpc) is 2.74. The van der Waals surface area contributed by atoms with Gasteiger partial charge in [0.15, 0.2) is 0 Å². The van der Waals surface area contributed by atoms with Crippen LogP contribution in [0, 0.1) is 13.8 Å². The number of hydrogen-bond donors (Lipinski definition) is 2. The summed E-state index contributed by atoms with van der Waals surface area (Å²) < 4.78 is 5.15. The molecule has 2 aromatic heterocycles. The lowest BCUT2D eigenvalue weighted by atomic mass is 10.1. The van der Waals surface area contributed by atoms with Gasteiger partial charge in [0.1, 0.15) is 5.76 Å². The molecule has 2 aromatic rings. The van der Waals surface area contributed by atoms with E-state index in [0.717, 1.165) is 11.1 Å². The van der Waals surface area contributed by atoms with Crippen LogP contribution in [0.2, 0.25) is 0 Å². The largest absolute Gasteiger partial charge is 0.475 e. The van der Waals surface area contributed by atoms with Crippen LogP contribution in [0.25, 0.3) is 0 Å². The number of carbonyl (C=O) groups is 1. The highest BCUT2D eigenvalue weighted by Crippen LogP contribution is 2.14. The van der Waals surface area contributed by atoms with Crippen molar-refractivity contribution in [3.05, 3.63) is 52.7 Å². The van der Waals surface area contributed by atoms with Crippen molar-refractivity contribution >= 4 is 5.97 Å². The number of rotatable bonds is 5. The van der Waals surface area contributed by atoms with E-state index >= 15 is 0 Å². The van der Waals surface area contributed by atoms with E-state index in [0.29, 0.717) is 18.8 Å². The molecule has 2 rings (SSSR count). The Kier molecular flexibility index (Phi) is 3.97. The van der Waals surface area contributed by atoms with Crippen molar-refractivity contribution in [2.75, 3.05) is 0 Å². The third-order valence-electron chi connectivity index (χ3n) is 3.00. The molecule has 0 amide bonds. The van der Waals surface area contributed by atoms with Crippen LogP contribution in [0.4, 0.5) is 0 Å². The summed E-state index contributed by atoms with van der Waals surface area (Å²) in [4.78, 5) is 14.8. The Morgan fingerprint density at radius 3 is 2.74 bits per heavy atom. The number of hydrogen-bond acceptors (Lipinski definition) is 4. The zero-order valence-corrected chi connectivity index (χ0v) is 10.9. The predicted octanol–water partition coefficient (Wildman–Crippen LogP) is 2.28. The quantitative estimate of drug-likeness (QED) is 0.862. The normalized spacial score (nSPS) is 10.6. The number of carboxylic acids is 1. The van der Waals surface area contributed by atoms with Crippen LogP contribution in [0.15, 0.2) is 28.9 Å². The predicted molar refractivity (Wildman–Crippen MR) is 69.9 cm³/mol. The van der Waals surface area contributed by atoms with Crippen LogP contribution in [0.3, 0.4) is 0 Å². The number of furan rings is 1. The van der Waals surface area contributed by atoms with Crippen molar-refractivity contribution in [3.8, 4) is 0 Å². The maximum absolute atomic E-state index is 10.8. The minimum atomic E-state index is -1.04. The Bertz CT molecular complexity index is 590. The molecule has 0 aromatic carbocycles. The Balaban J connectivity index is 1.96. The van der Waals surface area contributed by atoms with E-state index in [-0.39, 0.29) is 5.76 Å². The van der Waals surface area contributed by atoms with Gasteiger partial charge in [-0.15, -0.1) is 0 Å². The zero-order valence-electron chi connectivity index (χ0n) is 10.9. The molecule has 100 valence electrons. The fraction of sp³-hybridized carbons (Fsp3) is 0.286. The SMILES string of the molecule is Cc1cnccc1CNCc1cc(C(=O)O)oc1C. The molecule has 0 saturated carbocycles. The van der Waals surface area contributed by atoms with Crippen LogP contribution in [0.1, 0.15) is 33.0 Å². The Morgan fingerprint density at radius 2 is 2.11 bits per heavy atom. The van der Waals surface area contributed by atoms with Gasteiger partial charge < -0.3 is 14.8 Å². The summed E-state index contributed by atoms with van der Waals surface area (Å²) in [6.45, 7) is 5.06. The van der Waals surface area contributed by atoms with Crippen molar-refractivity contribution in [1.29, 1.82) is 0 Å². The third kappa shape index (κ3) is 3.20. The molecule has 0 atom stereocenters. The number of aromatic nitrogens is 1. The number of nitrogens with zero attached hydrogens (tertiary/aromatic N) is 1. The van der Waals surface area contributed by atoms with E-state index in [2.05, 4.69) is 10.3 Å². The first-order valence-corrected chi connectivity index (χ1v) is 6.00. The minimum Gasteiger partial charge on any atom is -0.475 e. The van der Waals surface area contributed by atoms with Crippen LogP contribution >= 0.6 is 0 Å². The maximum Gasteiger partial charge on any atom is 0.371 e. The van der Waals surface area contributed by atoms with Crippen LogP contribution < -0.4 is 5.32 Å². The molecule has 0 aliphatic heterocycles. The molecule has 0 radical (unpaired) electrons. The Labute approximate surface area is 111 Å². The molecule has 0 fully saturated rings. The highest BCUT2D eigenvalue weighted by atomic mass is 16.4. The van der Waals surface area contributed by atoms with E-state index in [1.165, 1.54) is 5.56 Å². The second kappa shape index (κ2) is 5.67. The molecule has 0 aliphatic carbocycles. The molecule has 0 spiro atoms. The van der Waals surface area contributed by atoms with E-state index < -0.39 is 5.97 Å². The van der Waals surface area contributed by atoms with Crippen LogP contribution in [-0.4, -0.2) is 16.1 Å². The summed E-state index contributed by atoms with van der Waals surface area (Å²) in [5.74, 6) is -0.426. The summed E-state index contributed by atoms with van der Waals surface area (Å²) in [6.07, 6.45) is 3.58. The molecule has 0 bridgehead atoms. The van der Waals surface area contributed by atoms with E-state index in [9.17, 15) is 4.79 Å². The molecule has 0 saturated heterocycles. The standard InChI is InChI=1S/C14H16N2O3/c1-9-6-15-4-3-11(9)7-16-8-12-5-13(14(17)18)19-10(12)2/h3-6,16H,7-8H2,1-2H3,(H,17,18). The molecule has 2 heterocycles. The molecule has 5 heteroatoms. The van der Waals surface area contributed by atoms with Gasteiger partial charge in [0, 0.05) is 31.0 Å². The maximum atomic E-state index is 10.8. The fourth-order valence-corrected chi connectivity index (χ4v) is 1.83. The monoisotopic (exact) mass is 260 g/mol. The summed E-state index contributed by atoms with van der Waals surface area (Å²) in [7, 11) is 0. The molecular weight excluding hydrogens is 244 g/mol. The van der Waals surface area contributed by atoms with Gasteiger partial charge in [0.05, 0.1) is 0 Å². The smallest absolute Gasteiger partial charge is 0.371 e. The van der Waals surface area contributed by atoms with Gasteiger partial charge in [-0.05, 0) is 37.1 Å². The summed E-state index contributed by atoms with van der Waals surface area (Å²) >= 11 is 0. The lowest BCUT2D eigenvalue weighted by Crippen LogP contribution is -2.13. The second-order valence-corrected chi connectivity index (χ2v) is 4.40. The molecule has 5 nitrogen and oxygen atoms in total. The van der Waals surface area contributed by atoms with Crippen molar-refractivity contribution < 1.29 is 14.3 Å². The summed E-state index contributed by atoms with van der Waals surface area (Å²) in [5, 5.41) is 12.1. The van der Waals surface area contributed by atoms with E-state index in [4.69, 9.17) is 9.52 Å². The topological polar surface area (TPSA) is 75.4 Å². The van der Waals surface area contributed by atoms with Crippen molar-refractivity contribution in [2.24, 2.45) is 0 Å². The lowest BCUT2D eigenvalue weighted by Gasteiger charge is -2.06. The number of aryl methyl sites for hydroxylation is 2. The molecule has 2 N–H and O–H groups in total. The van der Waals surface area contributed by atoms with Gasteiger partial charge in [-0.1, -0.05) is 0 Å². The van der Waals surface area contributed by atoms with Gasteiger partial charge in [-0.2, -0.15) is 0 Å². The van der Waals surface area contributed by atoms with Crippen LogP contribution in [0.5, 0.6) is 0 Å². The zero-order chi connectivity index (χ0) is 13.8. The molecule has 19 heavy (non-hydrogen) atoms. The number of pyridine rings is 1. The van der Waals surface area contributed by atoms with Gasteiger partial charge in [-0.25, -0.2) is 4.79 Å². The first-order chi connectivity index (χ1) is 9.08. The number of carboxylic acid groups (broad SMARTS) is 1. The minimum absolute atomic E-state index is 0.0191. The van der Waals surface area contributed by atoms with Gasteiger partial charge >= 0.3 is 5.97 Å². The van der Waals surface area contributed by atoms with Crippen molar-refractivity contribution in [1.82, 2.24) is 10.3 Å². The third-order valence-corrected chi connectivity index (χ3v) is 3.00. The highest BCUT2D eigenvalue weighted by Gasteiger charge is 2.12. The summed E-state index contributed by atoms with van der Waals surface area (Å²) in [6, 6.07) is 3.53. The van der Waals surface area contributed by atoms with Crippen molar-refractivity contribution in [2.45, 2.75) is 26.9 Å². The van der Waals surface area contributed by atoms with Gasteiger partial charge in [0.25, 0.3) is 0 Å². The molecule has 0 aliphatic rings. The van der Waals surface area contributed by atoms with Gasteiger partial charge in [-0.3, -0.25) is 4.98 Å². The Morgan fingerprint density at radius 1 is 1.37 bits per heavy atom. The van der Waals surface area contributed by atoms with Crippen LogP contribution in [-0.2, 0) is 13.1 Å². The second-order valence-electron chi connectivity index (χ2n) is 4.40. The van der Waals surface area contributed by atoms with Gasteiger partial charge in [0.2, 0.25) is 5.76 Å². The Hall–Kier alpha value is -2.14. The number of nitrogens with one attached hydrogen (secondary N) is 1. The average molecular weight is 260 g/mol. The highest BCUT2D eigenvalue weighted by molar-refractivity contribution is 5.84. The van der Waals surface area contributed by atoms with E-state index in [1.807, 2.05) is 19.2 Å². The number of aromatic carboxylic acids is 1. The molecule has 0 unspecified atom stereocenters. The van der Waals surface area contributed by atoms with Crippen molar-refractivity contribution in [3.63, 3.8) is 0 Å². The fourth-order valence-electron chi connectivity index (χ4n) is 1.83. The lowest BCUT2D eigenvalue weighted by molar-refractivity contribution is 0.0661. The first-order valence-electron chi connectivity index (χ1n) is 6.00. The first kappa shape index (κ1) is 13.3.